The lowest BCUT2D eigenvalue weighted by Crippen LogP contribution is -2.54. The minimum Gasteiger partial charge on any atom is -0.453 e. The van der Waals surface area contributed by atoms with Crippen molar-refractivity contribution in [3.63, 3.8) is 0 Å². The van der Waals surface area contributed by atoms with E-state index in [1.807, 2.05) is 50.8 Å². The van der Waals surface area contributed by atoms with E-state index in [2.05, 4.69) is 20.6 Å². The lowest BCUT2D eigenvalue weighted by Gasteiger charge is -2.37. The Balaban J connectivity index is 0.885. The number of H-pyrrole nitrogens is 2. The highest BCUT2D eigenvalue weighted by Crippen LogP contribution is 2.59. The van der Waals surface area contributed by atoms with Gasteiger partial charge in [0.25, 0.3) is 5.92 Å². The van der Waals surface area contributed by atoms with E-state index in [0.717, 1.165) is 61.3 Å². The monoisotopic (exact) mass is 890 g/mol. The summed E-state index contributed by atoms with van der Waals surface area (Å²) in [6.45, 7) is 8.11. The number of hydrogen-bond acceptors (Lipinski definition) is 8. The number of piperidine rings is 1. The molecule has 342 valence electrons. The van der Waals surface area contributed by atoms with Gasteiger partial charge in [-0.1, -0.05) is 52.0 Å². The molecule has 4 N–H and O–H groups in total. The molecule has 16 heteroatoms. The SMILES string of the molecule is COC(=O)NC(C(=O)N1CC2(CC2)C[C@H]1c1ncc(-c2ccc3c(c2)C(F)(F)c2cc(C4=Cc5nc([C@@H]6[C@H]7CC[C@H](C7)N6C(=O)[C@@H](NC(=O)OC)C(C)C)[nH]c5CC4)ccc2-3)[nH]1)C(C)C. The Morgan fingerprint density at radius 3 is 2.12 bits per heavy atom. The van der Waals surface area contributed by atoms with Crippen LogP contribution in [0.2, 0.25) is 0 Å². The highest BCUT2D eigenvalue weighted by atomic mass is 19.3. The molecule has 4 amide bonds. The first-order valence-corrected chi connectivity index (χ1v) is 22.9. The second-order valence-corrected chi connectivity index (χ2v) is 19.8. The number of hydrogen-bond donors (Lipinski definition) is 4. The summed E-state index contributed by atoms with van der Waals surface area (Å²) >= 11 is 0. The Labute approximate surface area is 376 Å². The van der Waals surface area contributed by atoms with Crippen LogP contribution in [-0.2, 0) is 31.4 Å². The molecular formula is C49H56F2N8O6. The summed E-state index contributed by atoms with van der Waals surface area (Å²) in [6, 6.07) is 8.37. The van der Waals surface area contributed by atoms with Crippen molar-refractivity contribution in [2.45, 2.75) is 115 Å². The number of nitrogens with zero attached hydrogens (tertiary/aromatic N) is 4. The fraction of sp³-hybridized carbons (Fsp3) is 0.510. The average Bonchev–Trinajstić information content (AvgIpc) is 3.95. The van der Waals surface area contributed by atoms with Gasteiger partial charge in [0.1, 0.15) is 23.7 Å². The molecule has 65 heavy (non-hydrogen) atoms. The number of alkyl carbamates (subject to hydrolysis) is 2. The van der Waals surface area contributed by atoms with Crippen LogP contribution in [0.1, 0.15) is 124 Å². The van der Waals surface area contributed by atoms with Crippen molar-refractivity contribution < 1.29 is 37.4 Å². The third-order valence-corrected chi connectivity index (χ3v) is 15.0. The number of amides is 4. The number of alkyl halides is 2. The van der Waals surface area contributed by atoms with Gasteiger partial charge in [-0.05, 0) is 115 Å². The molecule has 1 spiro atoms. The Hall–Kier alpha value is -6.06. The van der Waals surface area contributed by atoms with E-state index in [9.17, 15) is 19.2 Å². The number of benzene rings is 2. The summed E-state index contributed by atoms with van der Waals surface area (Å²) in [5, 5.41) is 5.45. The zero-order valence-corrected chi connectivity index (χ0v) is 37.6. The molecule has 6 aliphatic rings. The number of fused-ring (bicyclic) bond motifs is 6. The van der Waals surface area contributed by atoms with Gasteiger partial charge in [-0.25, -0.2) is 19.6 Å². The summed E-state index contributed by atoms with van der Waals surface area (Å²) in [6.07, 6.45) is 9.07. The number of carbonyl (C=O) groups is 4. The summed E-state index contributed by atoms with van der Waals surface area (Å²) < 4.78 is 43.0. The van der Waals surface area contributed by atoms with Crippen molar-refractivity contribution in [3.8, 4) is 22.4 Å². The van der Waals surface area contributed by atoms with Gasteiger partial charge in [0.2, 0.25) is 11.8 Å². The molecule has 2 aromatic heterocycles. The molecule has 10 rings (SSSR count). The molecule has 4 heterocycles. The summed E-state index contributed by atoms with van der Waals surface area (Å²) in [5.74, 6) is -2.39. The molecule has 2 saturated heterocycles. The Morgan fingerprint density at radius 1 is 0.831 bits per heavy atom. The smallest absolute Gasteiger partial charge is 0.407 e. The quantitative estimate of drug-likeness (QED) is 0.123. The molecule has 2 bridgehead atoms. The van der Waals surface area contributed by atoms with Crippen molar-refractivity contribution in [2.75, 3.05) is 20.8 Å². The first-order valence-electron chi connectivity index (χ1n) is 22.9. The van der Waals surface area contributed by atoms with Crippen LogP contribution in [0.4, 0.5) is 18.4 Å². The third kappa shape index (κ3) is 7.27. The largest absolute Gasteiger partial charge is 0.453 e. The number of carbonyl (C=O) groups excluding carboxylic acids is 4. The summed E-state index contributed by atoms with van der Waals surface area (Å²) in [5.41, 5.74) is 5.31. The minimum atomic E-state index is -3.26. The zero-order chi connectivity index (χ0) is 45.7. The van der Waals surface area contributed by atoms with E-state index in [1.165, 1.54) is 20.3 Å². The fourth-order valence-electron chi connectivity index (χ4n) is 11.3. The number of likely N-dealkylation sites (tertiary alicyclic amines) is 2. The molecule has 6 atom stereocenters. The van der Waals surface area contributed by atoms with Gasteiger partial charge in [0, 0.05) is 35.0 Å². The van der Waals surface area contributed by atoms with Crippen LogP contribution >= 0.6 is 0 Å². The first kappa shape index (κ1) is 42.9. The molecule has 4 aromatic rings. The standard InChI is InChI=1S/C49H56F2N8O6/c1-24(2)39(56-46(62)64-5)44(60)58-23-48(15-16-48)21-38(58)42-52-22-37(55-42)28-9-13-32-31-12-8-26(18-33(31)49(50,51)34(32)19-28)27-10-14-35-36(20-27)54-43(53-35)41-29-7-11-30(17-29)59(41)45(61)40(25(3)4)57-47(63)65-6/h8-9,12-13,18-20,22,24-25,29-30,38-41H,7,10-11,14-17,21,23H2,1-6H3,(H,52,55)(H,53,54)(H,56,62)(H,57,63)/t29-,30+,38-,39?,40-,41-/m0/s1. The van der Waals surface area contributed by atoms with Crippen LogP contribution in [0.3, 0.4) is 0 Å². The minimum absolute atomic E-state index is 0.0142. The number of halogens is 2. The number of nitrogens with one attached hydrogen (secondary N) is 4. The molecule has 0 radical (unpaired) electrons. The predicted octanol–water partition coefficient (Wildman–Crippen LogP) is 8.27. The van der Waals surface area contributed by atoms with Gasteiger partial charge in [-0.3, -0.25) is 9.59 Å². The topological polar surface area (TPSA) is 175 Å². The number of methoxy groups -OCH3 is 2. The van der Waals surface area contributed by atoms with E-state index in [1.54, 1.807) is 29.3 Å². The Bertz CT molecular complexity index is 2630. The van der Waals surface area contributed by atoms with Crippen LogP contribution in [0.15, 0.2) is 42.6 Å². The van der Waals surface area contributed by atoms with Gasteiger partial charge in [-0.2, -0.15) is 8.78 Å². The highest BCUT2D eigenvalue weighted by Gasteiger charge is 2.56. The molecule has 2 aliphatic heterocycles. The maximum atomic E-state index is 16.7. The Morgan fingerprint density at radius 2 is 1.48 bits per heavy atom. The summed E-state index contributed by atoms with van der Waals surface area (Å²) in [7, 11) is 2.55. The number of rotatable bonds is 10. The number of ether oxygens (including phenoxy) is 2. The van der Waals surface area contributed by atoms with Gasteiger partial charge in [0.05, 0.1) is 43.9 Å². The maximum Gasteiger partial charge on any atom is 0.407 e. The average molecular weight is 891 g/mol. The molecular weight excluding hydrogens is 835 g/mol. The van der Waals surface area contributed by atoms with Crippen molar-refractivity contribution in [1.29, 1.82) is 0 Å². The number of aromatic amines is 2. The van der Waals surface area contributed by atoms with Crippen LogP contribution in [0.25, 0.3) is 34.0 Å². The van der Waals surface area contributed by atoms with Gasteiger partial charge in [-0.15, -0.1) is 0 Å². The van der Waals surface area contributed by atoms with E-state index in [4.69, 9.17) is 19.4 Å². The van der Waals surface area contributed by atoms with E-state index in [0.29, 0.717) is 53.2 Å². The molecule has 2 saturated carbocycles. The number of allylic oxidation sites excluding steroid dienone is 1. The van der Waals surface area contributed by atoms with Gasteiger partial charge < -0.3 is 39.9 Å². The normalized spacial score (nSPS) is 23.8. The lowest BCUT2D eigenvalue weighted by atomic mass is 9.91. The van der Waals surface area contributed by atoms with Crippen molar-refractivity contribution in [2.24, 2.45) is 23.2 Å². The zero-order valence-electron chi connectivity index (χ0n) is 37.6. The first-order chi connectivity index (χ1) is 31.1. The fourth-order valence-corrected chi connectivity index (χ4v) is 11.3. The Kier molecular flexibility index (Phi) is 10.4. The van der Waals surface area contributed by atoms with Gasteiger partial charge in [0.15, 0.2) is 0 Å². The maximum absolute atomic E-state index is 16.7. The molecule has 4 fully saturated rings. The summed E-state index contributed by atoms with van der Waals surface area (Å²) in [4.78, 5) is 72.8. The van der Waals surface area contributed by atoms with Crippen molar-refractivity contribution >= 4 is 35.6 Å². The van der Waals surface area contributed by atoms with Crippen LogP contribution in [-0.4, -0.2) is 92.6 Å². The van der Waals surface area contributed by atoms with Crippen LogP contribution in [0, 0.1) is 23.2 Å². The third-order valence-electron chi connectivity index (χ3n) is 15.0. The van der Waals surface area contributed by atoms with Crippen LogP contribution in [0.5, 0.6) is 0 Å². The number of aryl methyl sites for hydroxylation is 1. The lowest BCUT2D eigenvalue weighted by molar-refractivity contribution is -0.139. The van der Waals surface area contributed by atoms with Crippen LogP contribution < -0.4 is 10.6 Å². The second kappa shape index (κ2) is 15.8. The molecule has 14 nitrogen and oxygen atoms in total. The van der Waals surface area contributed by atoms with Crippen molar-refractivity contribution in [3.05, 3.63) is 82.3 Å². The number of imidazole rings is 2. The predicted molar refractivity (Wildman–Crippen MR) is 237 cm³/mol. The molecule has 1 unspecified atom stereocenters. The molecule has 4 aliphatic carbocycles. The van der Waals surface area contributed by atoms with Crippen molar-refractivity contribution in [1.82, 2.24) is 40.4 Å². The highest BCUT2D eigenvalue weighted by molar-refractivity contribution is 5.89. The van der Waals surface area contributed by atoms with E-state index >= 15 is 8.78 Å². The van der Waals surface area contributed by atoms with E-state index < -0.39 is 30.2 Å². The number of aromatic nitrogens is 4. The van der Waals surface area contributed by atoms with E-state index in [-0.39, 0.29) is 64.2 Å². The van der Waals surface area contributed by atoms with Gasteiger partial charge >= 0.3 is 12.2 Å². The second-order valence-electron chi connectivity index (χ2n) is 19.8. The molecule has 2 aromatic carbocycles.